The number of amides is 1. The molecule has 2 rings (SSSR count). The maximum Gasteiger partial charge on any atom is 0.254 e. The van der Waals surface area contributed by atoms with Gasteiger partial charge >= 0.3 is 0 Å². The zero-order chi connectivity index (χ0) is 12.3. The summed E-state index contributed by atoms with van der Waals surface area (Å²) < 4.78 is 0. The smallest absolute Gasteiger partial charge is 0.254 e. The molecule has 1 saturated heterocycles. The third-order valence-electron chi connectivity index (χ3n) is 3.03. The predicted octanol–water partition coefficient (Wildman–Crippen LogP) is 1.91. The van der Waals surface area contributed by atoms with Crippen molar-refractivity contribution in [3.63, 3.8) is 0 Å². The van der Waals surface area contributed by atoms with Crippen molar-refractivity contribution < 1.29 is 9.90 Å². The minimum Gasteiger partial charge on any atom is -0.508 e. The second-order valence-corrected chi connectivity index (χ2v) is 4.19. The van der Waals surface area contributed by atoms with Gasteiger partial charge in [-0.1, -0.05) is 0 Å². The third kappa shape index (κ3) is 2.39. The highest BCUT2D eigenvalue weighted by atomic mass is 16.3. The van der Waals surface area contributed by atoms with E-state index in [1.54, 1.807) is 17.0 Å². The number of piperidine rings is 1. The van der Waals surface area contributed by atoms with Crippen LogP contribution in [0.3, 0.4) is 0 Å². The Hall–Kier alpha value is -2.02. The lowest BCUT2D eigenvalue weighted by molar-refractivity contribution is 0.0670. The van der Waals surface area contributed by atoms with Gasteiger partial charge in [-0.2, -0.15) is 5.26 Å². The van der Waals surface area contributed by atoms with E-state index in [1.165, 1.54) is 12.1 Å². The molecule has 0 aromatic heterocycles. The molecule has 4 nitrogen and oxygen atoms in total. The predicted molar refractivity (Wildman–Crippen MR) is 62.4 cm³/mol. The van der Waals surface area contributed by atoms with Crippen molar-refractivity contribution >= 4 is 5.91 Å². The van der Waals surface area contributed by atoms with E-state index in [2.05, 4.69) is 6.07 Å². The Labute approximate surface area is 100 Å². The first kappa shape index (κ1) is 11.5. The highest BCUT2D eigenvalue weighted by Crippen LogP contribution is 2.20. The average molecular weight is 230 g/mol. The average Bonchev–Trinajstić information content (AvgIpc) is 2.39. The molecule has 0 radical (unpaired) electrons. The van der Waals surface area contributed by atoms with Gasteiger partial charge in [0.25, 0.3) is 5.91 Å². The fourth-order valence-electron chi connectivity index (χ4n) is 2.08. The number of likely N-dealkylation sites (tertiary alicyclic amines) is 1. The summed E-state index contributed by atoms with van der Waals surface area (Å²) in [5, 5.41) is 18.2. The van der Waals surface area contributed by atoms with Gasteiger partial charge in [-0.25, -0.2) is 0 Å². The number of hydrogen-bond acceptors (Lipinski definition) is 3. The van der Waals surface area contributed by atoms with Crippen LogP contribution in [0, 0.1) is 11.3 Å². The van der Waals surface area contributed by atoms with Gasteiger partial charge in [-0.15, -0.1) is 0 Å². The van der Waals surface area contributed by atoms with E-state index in [9.17, 15) is 4.79 Å². The molecule has 1 aliphatic heterocycles. The Balaban J connectivity index is 2.18. The van der Waals surface area contributed by atoms with E-state index < -0.39 is 0 Å². The quantitative estimate of drug-likeness (QED) is 0.801. The molecule has 0 aliphatic carbocycles. The number of benzene rings is 1. The molecule has 1 atom stereocenters. The lowest BCUT2D eigenvalue weighted by Gasteiger charge is -2.31. The van der Waals surface area contributed by atoms with Gasteiger partial charge in [0.1, 0.15) is 11.8 Å². The molecule has 0 spiro atoms. The first-order valence-corrected chi connectivity index (χ1v) is 5.72. The topological polar surface area (TPSA) is 64.3 Å². The van der Waals surface area contributed by atoms with Crippen LogP contribution in [-0.2, 0) is 0 Å². The highest BCUT2D eigenvalue weighted by molar-refractivity contribution is 5.94. The Morgan fingerprint density at radius 3 is 2.71 bits per heavy atom. The molecule has 88 valence electrons. The summed E-state index contributed by atoms with van der Waals surface area (Å²) in [4.78, 5) is 13.8. The summed E-state index contributed by atoms with van der Waals surface area (Å²) in [7, 11) is 0. The maximum atomic E-state index is 12.2. The standard InChI is InChI=1S/C13H14N2O2/c14-9-11-3-1-2-8-15(11)13(17)10-4-6-12(16)7-5-10/h4-7,11,16H,1-3,8H2. The molecule has 1 aromatic rings. The molecule has 1 amide bonds. The molecule has 17 heavy (non-hydrogen) atoms. The second kappa shape index (κ2) is 4.88. The first-order chi connectivity index (χ1) is 8.22. The molecule has 4 heteroatoms. The van der Waals surface area contributed by atoms with Gasteiger partial charge in [0, 0.05) is 12.1 Å². The Kier molecular flexibility index (Phi) is 3.29. The van der Waals surface area contributed by atoms with Crippen LogP contribution in [0.5, 0.6) is 5.75 Å². The van der Waals surface area contributed by atoms with Crippen molar-refractivity contribution in [1.82, 2.24) is 4.90 Å². The van der Waals surface area contributed by atoms with Crippen LogP contribution in [0.15, 0.2) is 24.3 Å². The number of carbonyl (C=O) groups is 1. The van der Waals surface area contributed by atoms with Gasteiger partial charge in [-0.05, 0) is 43.5 Å². The molecule has 1 heterocycles. The van der Waals surface area contributed by atoms with Crippen LogP contribution in [-0.4, -0.2) is 28.5 Å². The van der Waals surface area contributed by atoms with Crippen LogP contribution >= 0.6 is 0 Å². The number of phenolic OH excluding ortho intramolecular Hbond substituents is 1. The lowest BCUT2D eigenvalue weighted by atomic mass is 10.0. The summed E-state index contributed by atoms with van der Waals surface area (Å²) in [5.41, 5.74) is 0.518. The highest BCUT2D eigenvalue weighted by Gasteiger charge is 2.27. The summed E-state index contributed by atoms with van der Waals surface area (Å²) >= 11 is 0. The maximum absolute atomic E-state index is 12.2. The van der Waals surface area contributed by atoms with E-state index in [0.717, 1.165) is 19.3 Å². The molecule has 0 saturated carbocycles. The largest absolute Gasteiger partial charge is 0.508 e. The monoisotopic (exact) mass is 230 g/mol. The van der Waals surface area contributed by atoms with Gasteiger partial charge in [0.05, 0.1) is 6.07 Å². The first-order valence-electron chi connectivity index (χ1n) is 5.72. The second-order valence-electron chi connectivity index (χ2n) is 4.19. The summed E-state index contributed by atoms with van der Waals surface area (Å²) in [6.07, 6.45) is 2.69. The number of nitrogens with zero attached hydrogens (tertiary/aromatic N) is 2. The summed E-state index contributed by atoms with van der Waals surface area (Å²) in [6.45, 7) is 0.637. The van der Waals surface area contributed by atoms with E-state index in [4.69, 9.17) is 10.4 Å². The third-order valence-corrected chi connectivity index (χ3v) is 3.03. The van der Waals surface area contributed by atoms with E-state index >= 15 is 0 Å². The molecule has 1 N–H and O–H groups in total. The molecular formula is C13H14N2O2. The number of hydrogen-bond donors (Lipinski definition) is 1. The lowest BCUT2D eigenvalue weighted by Crippen LogP contribution is -2.42. The summed E-state index contributed by atoms with van der Waals surface area (Å²) in [6, 6.07) is 7.99. The molecule has 1 aromatic carbocycles. The molecule has 1 unspecified atom stereocenters. The zero-order valence-corrected chi connectivity index (χ0v) is 9.47. The van der Waals surface area contributed by atoms with E-state index in [1.807, 2.05) is 0 Å². The molecule has 1 fully saturated rings. The minimum atomic E-state index is -0.315. The fraction of sp³-hybridized carbons (Fsp3) is 0.385. The van der Waals surface area contributed by atoms with Crippen molar-refractivity contribution in [2.75, 3.05) is 6.54 Å². The van der Waals surface area contributed by atoms with Crippen LogP contribution in [0.1, 0.15) is 29.6 Å². The number of rotatable bonds is 1. The van der Waals surface area contributed by atoms with Crippen LogP contribution in [0.2, 0.25) is 0 Å². The van der Waals surface area contributed by atoms with Crippen LogP contribution in [0.25, 0.3) is 0 Å². The van der Waals surface area contributed by atoms with Crippen LogP contribution in [0.4, 0.5) is 0 Å². The van der Waals surface area contributed by atoms with Gasteiger partial charge < -0.3 is 10.0 Å². The minimum absolute atomic E-state index is 0.128. The van der Waals surface area contributed by atoms with Gasteiger partial charge in [-0.3, -0.25) is 4.79 Å². The van der Waals surface area contributed by atoms with Gasteiger partial charge in [0.15, 0.2) is 0 Å². The SMILES string of the molecule is N#CC1CCCCN1C(=O)c1ccc(O)cc1. The molecule has 1 aliphatic rings. The van der Waals surface area contributed by atoms with Crippen molar-refractivity contribution in [3.8, 4) is 11.8 Å². The van der Waals surface area contributed by atoms with E-state index in [-0.39, 0.29) is 17.7 Å². The zero-order valence-electron chi connectivity index (χ0n) is 9.47. The fourth-order valence-corrected chi connectivity index (χ4v) is 2.08. The Morgan fingerprint density at radius 2 is 2.06 bits per heavy atom. The van der Waals surface area contributed by atoms with Crippen molar-refractivity contribution in [2.45, 2.75) is 25.3 Å². The van der Waals surface area contributed by atoms with E-state index in [0.29, 0.717) is 12.1 Å². The normalized spacial score (nSPS) is 19.7. The summed E-state index contributed by atoms with van der Waals surface area (Å²) in [5.74, 6) is 0.00766. The van der Waals surface area contributed by atoms with Crippen molar-refractivity contribution in [1.29, 1.82) is 5.26 Å². The Bertz CT molecular complexity index is 447. The number of aromatic hydroxyl groups is 1. The molecular weight excluding hydrogens is 216 g/mol. The van der Waals surface area contributed by atoms with Crippen LogP contribution < -0.4 is 0 Å². The number of nitriles is 1. The van der Waals surface area contributed by atoms with Gasteiger partial charge in [0.2, 0.25) is 0 Å². The van der Waals surface area contributed by atoms with Crippen molar-refractivity contribution in [3.05, 3.63) is 29.8 Å². The number of phenols is 1. The number of carbonyl (C=O) groups excluding carboxylic acids is 1. The molecule has 0 bridgehead atoms. The Morgan fingerprint density at radius 1 is 1.35 bits per heavy atom. The van der Waals surface area contributed by atoms with Crippen molar-refractivity contribution in [2.24, 2.45) is 0 Å².